The smallest absolute Gasteiger partial charge is 0.251 e. The van der Waals surface area contributed by atoms with E-state index >= 15 is 0 Å². The summed E-state index contributed by atoms with van der Waals surface area (Å²) in [5, 5.41) is 10.5. The van der Waals surface area contributed by atoms with E-state index in [-0.39, 0.29) is 30.3 Å². The predicted octanol–water partition coefficient (Wildman–Crippen LogP) is 2.79. The summed E-state index contributed by atoms with van der Waals surface area (Å²) in [6.07, 6.45) is 4.80. The van der Waals surface area contributed by atoms with Crippen molar-refractivity contribution in [1.29, 1.82) is 0 Å². The molecule has 1 aliphatic carbocycles. The van der Waals surface area contributed by atoms with Crippen molar-refractivity contribution in [3.05, 3.63) is 58.6 Å². The molecular weight excluding hydrogens is 420 g/mol. The first-order valence-electron chi connectivity index (χ1n) is 11.7. The number of aryl methyl sites for hydroxylation is 2. The van der Waals surface area contributed by atoms with Crippen LogP contribution in [0.15, 0.2) is 46.1 Å². The number of ether oxygens (including phenoxy) is 1. The molecule has 1 saturated carbocycles. The van der Waals surface area contributed by atoms with Gasteiger partial charge >= 0.3 is 0 Å². The van der Waals surface area contributed by atoms with Crippen molar-refractivity contribution < 1.29 is 18.8 Å². The van der Waals surface area contributed by atoms with Crippen LogP contribution in [0.25, 0.3) is 0 Å². The Labute approximate surface area is 193 Å². The van der Waals surface area contributed by atoms with Gasteiger partial charge in [0.1, 0.15) is 11.5 Å². The predicted molar refractivity (Wildman–Crippen MR) is 121 cm³/mol. The Morgan fingerprint density at radius 1 is 1.27 bits per heavy atom. The molecule has 0 saturated heterocycles. The van der Waals surface area contributed by atoms with Gasteiger partial charge in [-0.05, 0) is 25.8 Å². The van der Waals surface area contributed by atoms with E-state index in [1.807, 2.05) is 42.2 Å². The number of benzene rings is 1. The van der Waals surface area contributed by atoms with Crippen molar-refractivity contribution in [3.8, 4) is 5.75 Å². The quantitative estimate of drug-likeness (QED) is 0.727. The largest absolute Gasteiger partial charge is 0.496 e. The third kappa shape index (κ3) is 3.98. The number of para-hydroxylation sites is 1. The van der Waals surface area contributed by atoms with Crippen molar-refractivity contribution >= 4 is 11.8 Å². The highest BCUT2D eigenvalue weighted by atomic mass is 16.5. The minimum absolute atomic E-state index is 0.00368. The fourth-order valence-electron chi connectivity index (χ4n) is 5.50. The maximum atomic E-state index is 13.9. The lowest BCUT2D eigenvalue weighted by atomic mass is 9.86. The molecule has 2 aliphatic heterocycles. The standard InChI is InChI=1S/C25H30N4O4/c1-15-13-16(33-28-15)11-12-22(30)29-20-9-5-4-8-18(20)27-19-14-26-25(31)23(19)24(29)17-7-3-6-10-21(17)32-2/h3,6-7,10,13,18,20,24,27H,4-5,8-9,11-12,14H2,1-2H3,(H,26,31)/t18-,20-,24-/m1/s1. The van der Waals surface area contributed by atoms with E-state index in [0.29, 0.717) is 30.0 Å². The summed E-state index contributed by atoms with van der Waals surface area (Å²) < 4.78 is 11.0. The van der Waals surface area contributed by atoms with Gasteiger partial charge in [-0.3, -0.25) is 9.59 Å². The van der Waals surface area contributed by atoms with Gasteiger partial charge in [0.05, 0.1) is 37.0 Å². The molecule has 8 nitrogen and oxygen atoms in total. The molecule has 3 heterocycles. The van der Waals surface area contributed by atoms with Crippen LogP contribution in [0.2, 0.25) is 0 Å². The second-order valence-corrected chi connectivity index (χ2v) is 9.06. The number of nitrogens with one attached hydrogen (secondary N) is 2. The third-order valence-corrected chi connectivity index (χ3v) is 6.98. The molecule has 174 valence electrons. The van der Waals surface area contributed by atoms with Crippen LogP contribution in [-0.4, -0.2) is 47.6 Å². The minimum Gasteiger partial charge on any atom is -0.496 e. The minimum atomic E-state index is -0.511. The highest BCUT2D eigenvalue weighted by Crippen LogP contribution is 2.43. The second-order valence-electron chi connectivity index (χ2n) is 9.06. The number of carbonyl (C=O) groups is 2. The lowest BCUT2D eigenvalue weighted by Crippen LogP contribution is -2.53. The number of nitrogens with zero attached hydrogens (tertiary/aromatic N) is 2. The lowest BCUT2D eigenvalue weighted by Gasteiger charge is -2.43. The van der Waals surface area contributed by atoms with Gasteiger partial charge in [0, 0.05) is 36.2 Å². The van der Waals surface area contributed by atoms with E-state index in [9.17, 15) is 9.59 Å². The van der Waals surface area contributed by atoms with E-state index in [2.05, 4.69) is 15.8 Å². The molecule has 0 unspecified atom stereocenters. The first kappa shape index (κ1) is 21.6. The monoisotopic (exact) mass is 450 g/mol. The van der Waals surface area contributed by atoms with Crippen molar-refractivity contribution in [3.63, 3.8) is 0 Å². The number of rotatable bonds is 5. The SMILES string of the molecule is COc1ccccc1[C@@H]1C2=C(CNC2=O)N[C@@H]2CCCC[C@H]2N1C(=O)CCc1cc(C)no1. The summed E-state index contributed by atoms with van der Waals surface area (Å²) in [7, 11) is 1.62. The van der Waals surface area contributed by atoms with Gasteiger partial charge < -0.3 is 24.8 Å². The average Bonchev–Trinajstić information content (AvgIpc) is 3.37. The van der Waals surface area contributed by atoms with Gasteiger partial charge in [-0.1, -0.05) is 36.2 Å². The molecule has 3 aliphatic rings. The zero-order chi connectivity index (χ0) is 22.9. The number of fused-ring (bicyclic) bond motifs is 1. The molecule has 1 fully saturated rings. The normalized spacial score (nSPS) is 24.5. The van der Waals surface area contributed by atoms with Crippen molar-refractivity contribution in [2.24, 2.45) is 0 Å². The fourth-order valence-corrected chi connectivity index (χ4v) is 5.50. The molecule has 5 rings (SSSR count). The van der Waals surface area contributed by atoms with Crippen LogP contribution in [0, 0.1) is 6.92 Å². The maximum absolute atomic E-state index is 13.9. The summed E-state index contributed by atoms with van der Waals surface area (Å²) in [6, 6.07) is 9.16. The zero-order valence-corrected chi connectivity index (χ0v) is 19.1. The van der Waals surface area contributed by atoms with E-state index in [1.165, 1.54) is 0 Å². The van der Waals surface area contributed by atoms with Crippen LogP contribution < -0.4 is 15.4 Å². The summed E-state index contributed by atoms with van der Waals surface area (Å²) in [6.45, 7) is 2.33. The third-order valence-electron chi connectivity index (χ3n) is 6.98. The molecule has 2 N–H and O–H groups in total. The van der Waals surface area contributed by atoms with Gasteiger partial charge in [-0.25, -0.2) is 0 Å². The van der Waals surface area contributed by atoms with Crippen LogP contribution in [0.1, 0.15) is 55.2 Å². The molecule has 1 aromatic heterocycles. The number of amides is 2. The molecule has 1 aromatic carbocycles. The van der Waals surface area contributed by atoms with Gasteiger partial charge in [0.15, 0.2) is 0 Å². The Morgan fingerprint density at radius 3 is 2.88 bits per heavy atom. The second kappa shape index (κ2) is 8.92. The fraction of sp³-hybridized carbons (Fsp3) is 0.480. The Bertz CT molecular complexity index is 1090. The van der Waals surface area contributed by atoms with E-state index in [0.717, 1.165) is 42.6 Å². The highest BCUT2D eigenvalue weighted by Gasteiger charge is 2.46. The summed E-state index contributed by atoms with van der Waals surface area (Å²) in [4.78, 5) is 29.0. The molecular formula is C25H30N4O4. The molecule has 8 heteroatoms. The first-order chi connectivity index (χ1) is 16.1. The van der Waals surface area contributed by atoms with Crippen LogP contribution in [0.3, 0.4) is 0 Å². The zero-order valence-electron chi connectivity index (χ0n) is 19.1. The van der Waals surface area contributed by atoms with E-state index in [1.54, 1.807) is 7.11 Å². The topological polar surface area (TPSA) is 96.7 Å². The van der Waals surface area contributed by atoms with Gasteiger partial charge in [-0.2, -0.15) is 0 Å². The molecule has 0 bridgehead atoms. The molecule has 0 spiro atoms. The van der Waals surface area contributed by atoms with Crippen molar-refractivity contribution in [2.45, 2.75) is 63.6 Å². The van der Waals surface area contributed by atoms with E-state index in [4.69, 9.17) is 9.26 Å². The summed E-state index contributed by atoms with van der Waals surface area (Å²) >= 11 is 0. The van der Waals surface area contributed by atoms with Crippen LogP contribution in [0.4, 0.5) is 0 Å². The Hall–Kier alpha value is -3.29. The summed E-state index contributed by atoms with van der Waals surface area (Å²) in [5.41, 5.74) is 3.15. The van der Waals surface area contributed by atoms with Crippen molar-refractivity contribution in [2.75, 3.05) is 13.7 Å². The van der Waals surface area contributed by atoms with Gasteiger partial charge in [0.25, 0.3) is 5.91 Å². The lowest BCUT2D eigenvalue weighted by molar-refractivity contribution is -0.137. The highest BCUT2D eigenvalue weighted by molar-refractivity contribution is 5.99. The number of aromatic nitrogens is 1. The van der Waals surface area contributed by atoms with Crippen LogP contribution in [0.5, 0.6) is 5.75 Å². The molecule has 2 aromatic rings. The first-order valence-corrected chi connectivity index (χ1v) is 11.7. The Morgan fingerprint density at radius 2 is 2.09 bits per heavy atom. The maximum Gasteiger partial charge on any atom is 0.251 e. The molecule has 3 atom stereocenters. The molecule has 2 amide bonds. The Kier molecular flexibility index (Phi) is 5.83. The number of carbonyl (C=O) groups excluding carboxylic acids is 2. The van der Waals surface area contributed by atoms with Gasteiger partial charge in [-0.15, -0.1) is 0 Å². The van der Waals surface area contributed by atoms with Crippen LogP contribution in [-0.2, 0) is 16.0 Å². The average molecular weight is 451 g/mol. The molecule has 33 heavy (non-hydrogen) atoms. The number of hydrogen-bond donors (Lipinski definition) is 2. The molecule has 0 radical (unpaired) electrons. The Balaban J connectivity index is 1.59. The number of hydrogen-bond acceptors (Lipinski definition) is 6. The van der Waals surface area contributed by atoms with Gasteiger partial charge in [0.2, 0.25) is 5.91 Å². The van der Waals surface area contributed by atoms with Crippen molar-refractivity contribution in [1.82, 2.24) is 20.7 Å². The summed E-state index contributed by atoms with van der Waals surface area (Å²) in [5.74, 6) is 1.25. The van der Waals surface area contributed by atoms with E-state index < -0.39 is 6.04 Å². The number of methoxy groups -OCH3 is 1. The van der Waals surface area contributed by atoms with Crippen LogP contribution >= 0.6 is 0 Å².